The van der Waals surface area contributed by atoms with Crippen LogP contribution < -0.4 is 0 Å². The van der Waals surface area contributed by atoms with Gasteiger partial charge >= 0.3 is 11.9 Å². The number of nitrogens with zero attached hydrogens (tertiary/aromatic N) is 3. The molecular weight excluding hydrogens is 262 g/mol. The van der Waals surface area contributed by atoms with E-state index in [1.165, 1.54) is 10.8 Å². The Kier molecular flexibility index (Phi) is 4.29. The Bertz CT molecular complexity index is 605. The normalized spacial score (nSPS) is 10.8. The monoisotopic (exact) mass is 277 g/mol. The quantitative estimate of drug-likeness (QED) is 0.597. The van der Waals surface area contributed by atoms with E-state index in [2.05, 4.69) is 10.1 Å². The third kappa shape index (κ3) is 2.76. The molecule has 2 heterocycles. The Balaban J connectivity index is 2.37. The van der Waals surface area contributed by atoms with Crippen LogP contribution in [0.15, 0.2) is 24.7 Å². The number of hydrogen-bond acceptors (Lipinski definition) is 6. The van der Waals surface area contributed by atoms with Crippen LogP contribution in [0.4, 0.5) is 0 Å². The van der Waals surface area contributed by atoms with Crippen molar-refractivity contribution in [1.29, 1.82) is 0 Å². The van der Waals surface area contributed by atoms with E-state index in [-0.39, 0.29) is 13.2 Å². The second kappa shape index (κ2) is 6.14. The SMILES string of the molecule is CCOC(=O)C(C(=O)OCC)c1ccc2ncnn2c1. The van der Waals surface area contributed by atoms with Crippen molar-refractivity contribution >= 4 is 17.6 Å². The van der Waals surface area contributed by atoms with Crippen LogP contribution in [0.1, 0.15) is 25.3 Å². The number of carbonyl (C=O) groups excluding carboxylic acids is 2. The highest BCUT2D eigenvalue weighted by Gasteiger charge is 2.31. The first-order valence-corrected chi connectivity index (χ1v) is 6.30. The molecule has 0 aliphatic heterocycles. The maximum Gasteiger partial charge on any atom is 0.324 e. The average molecular weight is 277 g/mol. The van der Waals surface area contributed by atoms with Gasteiger partial charge in [-0.1, -0.05) is 6.07 Å². The summed E-state index contributed by atoms with van der Waals surface area (Å²) in [6.45, 7) is 3.75. The highest BCUT2D eigenvalue weighted by atomic mass is 16.6. The number of aromatic nitrogens is 3. The predicted molar refractivity (Wildman–Crippen MR) is 69.0 cm³/mol. The zero-order valence-corrected chi connectivity index (χ0v) is 11.3. The Morgan fingerprint density at radius 3 is 2.45 bits per heavy atom. The third-order valence-corrected chi connectivity index (χ3v) is 2.67. The average Bonchev–Trinajstić information content (AvgIpc) is 2.87. The molecule has 0 saturated heterocycles. The highest BCUT2D eigenvalue weighted by molar-refractivity contribution is 6.00. The number of carbonyl (C=O) groups is 2. The van der Waals surface area contributed by atoms with Gasteiger partial charge in [0.15, 0.2) is 11.6 Å². The summed E-state index contributed by atoms with van der Waals surface area (Å²) in [5.74, 6) is -2.38. The van der Waals surface area contributed by atoms with Crippen molar-refractivity contribution in [2.75, 3.05) is 13.2 Å². The van der Waals surface area contributed by atoms with E-state index >= 15 is 0 Å². The molecule has 0 fully saturated rings. The van der Waals surface area contributed by atoms with Gasteiger partial charge in [0.1, 0.15) is 6.33 Å². The molecule has 7 heteroatoms. The predicted octanol–water partition coefficient (Wildman–Crippen LogP) is 0.939. The first kappa shape index (κ1) is 14.0. The standard InChI is InChI=1S/C13H15N3O4/c1-3-19-12(17)11(13(18)20-4-2)9-5-6-10-14-8-15-16(10)7-9/h5-8,11H,3-4H2,1-2H3. The smallest absolute Gasteiger partial charge is 0.324 e. The van der Waals surface area contributed by atoms with E-state index in [0.717, 1.165) is 0 Å². The molecular formula is C13H15N3O4. The maximum atomic E-state index is 12.0. The summed E-state index contributed by atoms with van der Waals surface area (Å²) < 4.78 is 11.4. The molecule has 0 bridgehead atoms. The minimum atomic E-state index is -1.11. The number of hydrogen-bond donors (Lipinski definition) is 0. The van der Waals surface area contributed by atoms with Gasteiger partial charge in [-0.15, -0.1) is 0 Å². The van der Waals surface area contributed by atoms with E-state index in [1.807, 2.05) is 0 Å². The summed E-state index contributed by atoms with van der Waals surface area (Å²) in [7, 11) is 0. The van der Waals surface area contributed by atoms with Crippen molar-refractivity contribution in [3.63, 3.8) is 0 Å². The van der Waals surface area contributed by atoms with Crippen LogP contribution in [-0.4, -0.2) is 39.8 Å². The minimum absolute atomic E-state index is 0.195. The lowest BCUT2D eigenvalue weighted by molar-refractivity contribution is -0.156. The van der Waals surface area contributed by atoms with Gasteiger partial charge in [0.05, 0.1) is 13.2 Å². The zero-order valence-electron chi connectivity index (χ0n) is 11.3. The fraction of sp³-hybridized carbons (Fsp3) is 0.385. The van der Waals surface area contributed by atoms with Crippen LogP contribution in [0.25, 0.3) is 5.65 Å². The van der Waals surface area contributed by atoms with E-state index in [4.69, 9.17) is 9.47 Å². The molecule has 0 N–H and O–H groups in total. The number of fused-ring (bicyclic) bond motifs is 1. The minimum Gasteiger partial charge on any atom is -0.465 e. The third-order valence-electron chi connectivity index (χ3n) is 2.67. The molecule has 2 aromatic heterocycles. The molecule has 20 heavy (non-hydrogen) atoms. The van der Waals surface area contributed by atoms with Gasteiger partial charge in [0.25, 0.3) is 0 Å². The maximum absolute atomic E-state index is 12.0. The molecule has 0 radical (unpaired) electrons. The van der Waals surface area contributed by atoms with Crippen LogP contribution in [0.2, 0.25) is 0 Å². The topological polar surface area (TPSA) is 82.8 Å². The van der Waals surface area contributed by atoms with Crippen molar-refractivity contribution in [3.05, 3.63) is 30.2 Å². The molecule has 0 atom stereocenters. The van der Waals surface area contributed by atoms with Crippen LogP contribution in [0, 0.1) is 0 Å². The first-order chi connectivity index (χ1) is 9.67. The Morgan fingerprint density at radius 2 is 1.85 bits per heavy atom. The molecule has 106 valence electrons. The van der Waals surface area contributed by atoms with E-state index in [1.54, 1.807) is 32.2 Å². The van der Waals surface area contributed by atoms with Crippen LogP contribution in [0.5, 0.6) is 0 Å². The van der Waals surface area contributed by atoms with E-state index in [9.17, 15) is 9.59 Å². The number of esters is 2. The zero-order chi connectivity index (χ0) is 14.5. The van der Waals surface area contributed by atoms with Crippen LogP contribution in [-0.2, 0) is 19.1 Å². The van der Waals surface area contributed by atoms with Gasteiger partial charge in [-0.2, -0.15) is 5.10 Å². The number of pyridine rings is 1. The van der Waals surface area contributed by atoms with Crippen molar-refractivity contribution in [2.24, 2.45) is 0 Å². The lowest BCUT2D eigenvalue weighted by Gasteiger charge is -2.14. The van der Waals surface area contributed by atoms with Crippen molar-refractivity contribution in [1.82, 2.24) is 14.6 Å². The summed E-state index contributed by atoms with van der Waals surface area (Å²) >= 11 is 0. The van der Waals surface area contributed by atoms with Gasteiger partial charge in [-0.3, -0.25) is 9.59 Å². The summed E-state index contributed by atoms with van der Waals surface area (Å²) in [5, 5.41) is 3.97. The largest absolute Gasteiger partial charge is 0.465 e. The van der Waals surface area contributed by atoms with Crippen molar-refractivity contribution in [3.8, 4) is 0 Å². The lowest BCUT2D eigenvalue weighted by Crippen LogP contribution is -2.26. The van der Waals surface area contributed by atoms with Crippen molar-refractivity contribution < 1.29 is 19.1 Å². The van der Waals surface area contributed by atoms with E-state index < -0.39 is 17.9 Å². The molecule has 2 aromatic rings. The Morgan fingerprint density at radius 1 is 1.20 bits per heavy atom. The van der Waals surface area contributed by atoms with Gasteiger partial charge < -0.3 is 9.47 Å². The molecule has 2 rings (SSSR count). The number of rotatable bonds is 5. The first-order valence-electron chi connectivity index (χ1n) is 6.30. The molecule has 0 unspecified atom stereocenters. The lowest BCUT2D eigenvalue weighted by atomic mass is 10.0. The Labute approximate surface area is 115 Å². The Hall–Kier alpha value is -2.44. The summed E-state index contributed by atoms with van der Waals surface area (Å²) in [5.41, 5.74) is 1.08. The summed E-state index contributed by atoms with van der Waals surface area (Å²) in [4.78, 5) is 27.9. The van der Waals surface area contributed by atoms with Gasteiger partial charge in [-0.25, -0.2) is 9.50 Å². The van der Waals surface area contributed by atoms with Gasteiger partial charge in [0.2, 0.25) is 0 Å². The molecule has 0 spiro atoms. The van der Waals surface area contributed by atoms with Crippen LogP contribution >= 0.6 is 0 Å². The molecule has 0 amide bonds. The fourth-order valence-electron chi connectivity index (χ4n) is 1.82. The highest BCUT2D eigenvalue weighted by Crippen LogP contribution is 2.20. The molecule has 0 aliphatic carbocycles. The second-order valence-electron chi connectivity index (χ2n) is 3.96. The summed E-state index contributed by atoms with van der Waals surface area (Å²) in [6.07, 6.45) is 2.96. The molecule has 0 aliphatic rings. The summed E-state index contributed by atoms with van der Waals surface area (Å²) in [6, 6.07) is 3.32. The van der Waals surface area contributed by atoms with E-state index in [0.29, 0.717) is 11.2 Å². The molecule has 7 nitrogen and oxygen atoms in total. The number of ether oxygens (including phenoxy) is 2. The fourth-order valence-corrected chi connectivity index (χ4v) is 1.82. The van der Waals surface area contributed by atoms with Gasteiger partial charge in [0, 0.05) is 6.20 Å². The van der Waals surface area contributed by atoms with Crippen molar-refractivity contribution in [2.45, 2.75) is 19.8 Å². The van der Waals surface area contributed by atoms with Gasteiger partial charge in [-0.05, 0) is 25.5 Å². The molecule has 0 saturated carbocycles. The van der Waals surface area contributed by atoms with Crippen LogP contribution in [0.3, 0.4) is 0 Å². The second-order valence-corrected chi connectivity index (χ2v) is 3.96. The molecule has 0 aromatic carbocycles.